The summed E-state index contributed by atoms with van der Waals surface area (Å²) in [5.74, 6) is -0.322. The van der Waals surface area contributed by atoms with Gasteiger partial charge >= 0.3 is 0 Å². The number of rotatable bonds is 3. The van der Waals surface area contributed by atoms with E-state index in [2.05, 4.69) is 0 Å². The molecule has 1 amide bonds. The number of carbonyl (C=O) groups is 2. The highest BCUT2D eigenvalue weighted by atomic mass is 19.1. The molecule has 0 N–H and O–H groups in total. The van der Waals surface area contributed by atoms with Gasteiger partial charge in [0.15, 0.2) is 17.3 Å². The smallest absolute Gasteiger partial charge is 0.258 e. The van der Waals surface area contributed by atoms with Crippen LogP contribution in [0.1, 0.15) is 0 Å². The van der Waals surface area contributed by atoms with Gasteiger partial charge < -0.3 is 4.74 Å². The van der Waals surface area contributed by atoms with Crippen LogP contribution in [0.5, 0.6) is 0 Å². The lowest BCUT2D eigenvalue weighted by Gasteiger charge is -2.31. The lowest BCUT2D eigenvalue weighted by Crippen LogP contribution is -2.46. The fourth-order valence-corrected chi connectivity index (χ4v) is 4.29. The number of amides is 1. The van der Waals surface area contributed by atoms with Crippen molar-refractivity contribution >= 4 is 28.4 Å². The summed E-state index contributed by atoms with van der Waals surface area (Å²) in [6.45, 7) is -0.181. The predicted octanol–water partition coefficient (Wildman–Crippen LogP) is 3.98. The van der Waals surface area contributed by atoms with Crippen molar-refractivity contribution < 1.29 is 18.7 Å². The van der Waals surface area contributed by atoms with Crippen LogP contribution in [0.15, 0.2) is 91.0 Å². The summed E-state index contributed by atoms with van der Waals surface area (Å²) in [6, 6.07) is 19.4. The largest absolute Gasteiger partial charge is 0.338 e. The number of para-hydroxylation sites is 1. The molecular weight excluding hydrogens is 435 g/mol. The molecule has 3 aromatic carbocycles. The summed E-state index contributed by atoms with van der Waals surface area (Å²) >= 11 is 0. The Kier molecular flexibility index (Phi) is 4.50. The number of ketones is 1. The monoisotopic (exact) mass is 452 g/mol. The van der Waals surface area contributed by atoms with Crippen LogP contribution in [0.25, 0.3) is 27.8 Å². The van der Waals surface area contributed by atoms with Crippen molar-refractivity contribution in [2.24, 2.45) is 0 Å². The minimum absolute atomic E-state index is 0.181. The first kappa shape index (κ1) is 20.2. The highest BCUT2D eigenvalue weighted by molar-refractivity contribution is 6.04. The zero-order valence-electron chi connectivity index (χ0n) is 17.8. The first-order chi connectivity index (χ1) is 16.6. The van der Waals surface area contributed by atoms with Gasteiger partial charge in [-0.2, -0.15) is 9.67 Å². The molecule has 4 aromatic rings. The number of hydrogen-bond acceptors (Lipinski definition) is 5. The van der Waals surface area contributed by atoms with Gasteiger partial charge in [-0.25, -0.2) is 9.29 Å². The Morgan fingerprint density at radius 2 is 1.59 bits per heavy atom. The van der Waals surface area contributed by atoms with E-state index >= 15 is 0 Å². The molecule has 0 unspecified atom stereocenters. The zero-order chi connectivity index (χ0) is 23.3. The number of hydrogen-bond donors (Lipinski definition) is 0. The van der Waals surface area contributed by atoms with Crippen molar-refractivity contribution in [1.82, 2.24) is 14.8 Å². The van der Waals surface area contributed by atoms with Gasteiger partial charge in [-0.1, -0.05) is 42.5 Å². The summed E-state index contributed by atoms with van der Waals surface area (Å²) in [5, 5.41) is 5.83. The quantitative estimate of drug-likeness (QED) is 0.470. The van der Waals surface area contributed by atoms with Crippen LogP contribution in [-0.2, 0) is 14.3 Å². The maximum atomic E-state index is 14.4. The SMILES string of the molecule is O=C1C=CC2(C=C1)OCC(=O)N2c1nc(-c2ccc(F)c3ccccc23)nn1-c1ccccc1. The van der Waals surface area contributed by atoms with Gasteiger partial charge in [0.1, 0.15) is 12.4 Å². The number of allylic oxidation sites excluding steroid dienone is 2. The van der Waals surface area contributed by atoms with E-state index in [9.17, 15) is 14.0 Å². The lowest BCUT2D eigenvalue weighted by molar-refractivity contribution is -0.117. The average molecular weight is 452 g/mol. The van der Waals surface area contributed by atoms with E-state index in [4.69, 9.17) is 14.8 Å². The number of nitrogens with zero attached hydrogens (tertiary/aromatic N) is 4. The van der Waals surface area contributed by atoms with Crippen LogP contribution < -0.4 is 4.90 Å². The maximum absolute atomic E-state index is 14.4. The zero-order valence-corrected chi connectivity index (χ0v) is 17.8. The van der Waals surface area contributed by atoms with Crippen LogP contribution in [0.2, 0.25) is 0 Å². The number of benzene rings is 3. The maximum Gasteiger partial charge on any atom is 0.258 e. The van der Waals surface area contributed by atoms with Gasteiger partial charge in [-0.15, -0.1) is 5.10 Å². The van der Waals surface area contributed by atoms with Gasteiger partial charge in [0, 0.05) is 10.9 Å². The molecule has 6 rings (SSSR count). The normalized spacial score (nSPS) is 16.8. The Bertz CT molecular complexity index is 1510. The van der Waals surface area contributed by atoms with Crippen LogP contribution in [-0.4, -0.2) is 38.8 Å². The summed E-state index contributed by atoms with van der Waals surface area (Å²) in [5.41, 5.74) is 0.0176. The molecule has 34 heavy (non-hydrogen) atoms. The molecule has 0 bridgehead atoms. The molecule has 0 atom stereocenters. The summed E-state index contributed by atoms with van der Waals surface area (Å²) in [4.78, 5) is 30.9. The van der Waals surface area contributed by atoms with E-state index < -0.39 is 5.72 Å². The van der Waals surface area contributed by atoms with Gasteiger partial charge in [0.2, 0.25) is 5.95 Å². The second kappa shape index (κ2) is 7.57. The topological polar surface area (TPSA) is 77.3 Å². The number of aromatic nitrogens is 3. The van der Waals surface area contributed by atoms with Crippen LogP contribution in [0, 0.1) is 5.82 Å². The Morgan fingerprint density at radius 3 is 2.35 bits per heavy atom. The van der Waals surface area contributed by atoms with Crippen molar-refractivity contribution in [3.05, 3.63) is 96.9 Å². The minimum Gasteiger partial charge on any atom is -0.338 e. The number of halogens is 1. The molecule has 8 heteroatoms. The second-order valence-corrected chi connectivity index (χ2v) is 7.96. The summed E-state index contributed by atoms with van der Waals surface area (Å²) < 4.78 is 21.8. The molecule has 1 spiro atoms. The Balaban J connectivity index is 1.59. The van der Waals surface area contributed by atoms with Crippen LogP contribution in [0.4, 0.5) is 10.3 Å². The van der Waals surface area contributed by atoms with Crippen LogP contribution in [0.3, 0.4) is 0 Å². The average Bonchev–Trinajstić information content (AvgIpc) is 3.43. The van der Waals surface area contributed by atoms with E-state index in [1.54, 1.807) is 28.9 Å². The molecule has 1 aliphatic heterocycles. The standard InChI is InChI=1S/C26H17FN4O3/c27-22-11-10-21(19-8-4-5-9-20(19)22)24-28-25(31(29-24)17-6-2-1-3-7-17)30-23(33)16-34-26(30)14-12-18(32)13-15-26/h1-15H,16H2. The number of fused-ring (bicyclic) bond motifs is 1. The van der Waals surface area contributed by atoms with Crippen molar-refractivity contribution in [1.29, 1.82) is 0 Å². The molecule has 0 radical (unpaired) electrons. The molecule has 1 saturated heterocycles. The van der Waals surface area contributed by atoms with Gasteiger partial charge in [0.25, 0.3) is 5.91 Å². The fraction of sp³-hybridized carbons (Fsp3) is 0.0769. The second-order valence-electron chi connectivity index (χ2n) is 7.96. The van der Waals surface area contributed by atoms with Crippen LogP contribution >= 0.6 is 0 Å². The lowest BCUT2D eigenvalue weighted by atomic mass is 10.0. The molecule has 2 heterocycles. The Labute approximate surface area is 193 Å². The van der Waals surface area contributed by atoms with Crippen molar-refractivity contribution in [2.75, 3.05) is 11.5 Å². The van der Waals surface area contributed by atoms with Gasteiger partial charge in [-0.3, -0.25) is 9.59 Å². The first-order valence-electron chi connectivity index (χ1n) is 10.7. The Morgan fingerprint density at radius 1 is 0.882 bits per heavy atom. The predicted molar refractivity (Wildman–Crippen MR) is 124 cm³/mol. The van der Waals surface area contributed by atoms with E-state index in [1.807, 2.05) is 36.4 Å². The minimum atomic E-state index is -1.29. The first-order valence-corrected chi connectivity index (χ1v) is 10.7. The van der Waals surface area contributed by atoms with Gasteiger partial charge in [0.05, 0.1) is 5.69 Å². The molecule has 1 aliphatic carbocycles. The number of ether oxygens (including phenoxy) is 1. The molecule has 1 fully saturated rings. The van der Waals surface area contributed by atoms with E-state index in [-0.39, 0.29) is 30.1 Å². The van der Waals surface area contributed by atoms with E-state index in [1.165, 1.54) is 35.3 Å². The van der Waals surface area contributed by atoms with Crippen molar-refractivity contribution in [2.45, 2.75) is 5.72 Å². The van der Waals surface area contributed by atoms with Crippen molar-refractivity contribution in [3.63, 3.8) is 0 Å². The molecule has 0 saturated carbocycles. The fourth-order valence-electron chi connectivity index (χ4n) is 4.29. The third-order valence-electron chi connectivity index (χ3n) is 5.90. The molecule has 1 aromatic heterocycles. The van der Waals surface area contributed by atoms with E-state index in [0.29, 0.717) is 27.8 Å². The highest BCUT2D eigenvalue weighted by Gasteiger charge is 2.48. The highest BCUT2D eigenvalue weighted by Crippen LogP contribution is 2.37. The third kappa shape index (κ3) is 3.07. The molecule has 7 nitrogen and oxygen atoms in total. The summed E-state index contributed by atoms with van der Waals surface area (Å²) in [6.07, 6.45) is 5.81. The molecule has 2 aliphatic rings. The molecular formula is C26H17FN4O3. The number of anilines is 1. The Hall–Kier alpha value is -4.43. The third-order valence-corrected chi connectivity index (χ3v) is 5.90. The number of carbonyl (C=O) groups excluding carboxylic acids is 2. The van der Waals surface area contributed by atoms with E-state index in [0.717, 1.165) is 0 Å². The van der Waals surface area contributed by atoms with Crippen molar-refractivity contribution in [3.8, 4) is 17.1 Å². The van der Waals surface area contributed by atoms with Gasteiger partial charge in [-0.05, 0) is 54.0 Å². The molecule has 166 valence electrons. The summed E-state index contributed by atoms with van der Waals surface area (Å²) in [7, 11) is 0.